The number of fused-ring (bicyclic) bond motifs is 14. The van der Waals surface area contributed by atoms with Gasteiger partial charge >= 0.3 is 0 Å². The first-order valence-electron chi connectivity index (χ1n) is 22.6. The van der Waals surface area contributed by atoms with Gasteiger partial charge in [0.1, 0.15) is 0 Å². The fourth-order valence-corrected chi connectivity index (χ4v) is 8.01. The van der Waals surface area contributed by atoms with Crippen LogP contribution in [0.2, 0.25) is 0 Å². The van der Waals surface area contributed by atoms with Crippen LogP contribution < -0.4 is 9.80 Å². The van der Waals surface area contributed by atoms with E-state index in [9.17, 15) is 2.74 Å². The van der Waals surface area contributed by atoms with Gasteiger partial charge in [0.25, 0.3) is 0 Å². The second-order valence-electron chi connectivity index (χ2n) is 13.6. The van der Waals surface area contributed by atoms with Crippen LogP contribution in [0.3, 0.4) is 0 Å². The Bertz CT molecular complexity index is 3480. The normalized spacial score (nSPS) is 14.6. The first kappa shape index (κ1) is 23.3. The summed E-state index contributed by atoms with van der Waals surface area (Å²) in [6, 6.07) is 49.0. The summed E-state index contributed by atoms with van der Waals surface area (Å²) in [5.74, 6) is 0. The highest BCUT2D eigenvalue weighted by atomic mass is 15.1. The van der Waals surface area contributed by atoms with E-state index in [1.807, 2.05) is 150 Å². The summed E-state index contributed by atoms with van der Waals surface area (Å²) >= 11 is 0. The van der Waals surface area contributed by atoms with Crippen molar-refractivity contribution < 1.29 is 12.3 Å². The molecule has 0 unspecified atom stereocenters. The van der Waals surface area contributed by atoms with Gasteiger partial charge in [-0.25, -0.2) is 0 Å². The number of anilines is 6. The Morgan fingerprint density at radius 1 is 0.327 bits per heavy atom. The lowest BCUT2D eigenvalue weighted by Gasteiger charge is -2.28. The number of rotatable bonds is 3. The molecule has 9 aromatic carbocycles. The van der Waals surface area contributed by atoms with Crippen LogP contribution >= 0.6 is 0 Å². The molecule has 55 heavy (non-hydrogen) atoms. The van der Waals surface area contributed by atoms with E-state index in [1.54, 1.807) is 4.90 Å². The summed E-state index contributed by atoms with van der Waals surface area (Å²) in [5.41, 5.74) is 9.05. The summed E-state index contributed by atoms with van der Waals surface area (Å²) in [6.07, 6.45) is 0. The zero-order chi connectivity index (χ0) is 44.1. The Hall–Kier alpha value is -7.36. The van der Waals surface area contributed by atoms with E-state index in [4.69, 9.17) is 9.60 Å². The molecule has 8 bridgehead atoms. The van der Waals surface area contributed by atoms with Gasteiger partial charge in [0.2, 0.25) is 0 Å². The molecule has 11 rings (SSSR count). The average Bonchev–Trinajstić information content (AvgIpc) is 3.67. The first-order valence-corrected chi connectivity index (χ1v) is 18.1. The lowest BCUT2D eigenvalue weighted by molar-refractivity contribution is 1.20. The standard InChI is InChI=1S/C52H35N3/c1-2-19-41(20-3-1)53-42-21-8-15-37(31-42)39-17-10-23-44(33-39)54(45-24-11-18-40(34-45)38-16-9-22-43(53)32-38)46-29-30-52-49(35-46)48-26-6-7-27-51(48)55(52)50-28-12-14-36-13-4-5-25-47(36)50/h1-35H/i1D,2D,3D,6D,7D,19D,20D,26D,27D. The molecule has 3 nitrogen and oxygen atoms in total. The molecule has 0 fully saturated rings. The smallest absolute Gasteiger partial charge is 0.0645 e. The minimum absolute atomic E-state index is 0.0446. The number of nitrogens with zero attached hydrogens (tertiary/aromatic N) is 3. The Morgan fingerprint density at radius 2 is 0.836 bits per heavy atom. The van der Waals surface area contributed by atoms with Crippen molar-refractivity contribution in [3.05, 3.63) is 212 Å². The van der Waals surface area contributed by atoms with E-state index in [-0.39, 0.29) is 41.9 Å². The molecule has 0 saturated heterocycles. The Balaban J connectivity index is 1.17. The summed E-state index contributed by atoms with van der Waals surface area (Å²) < 4.78 is 81.4. The van der Waals surface area contributed by atoms with Gasteiger partial charge in [0.15, 0.2) is 0 Å². The quantitative estimate of drug-likeness (QED) is 0.181. The molecule has 0 N–H and O–H groups in total. The van der Waals surface area contributed by atoms with E-state index in [1.165, 1.54) is 0 Å². The zero-order valence-corrected chi connectivity index (χ0v) is 29.4. The van der Waals surface area contributed by atoms with Crippen LogP contribution in [0.15, 0.2) is 212 Å². The minimum atomic E-state index is -0.458. The van der Waals surface area contributed by atoms with Gasteiger partial charge in [0, 0.05) is 50.3 Å². The molecule has 10 aromatic rings. The van der Waals surface area contributed by atoms with Gasteiger partial charge in [-0.2, -0.15) is 0 Å². The zero-order valence-electron chi connectivity index (χ0n) is 38.4. The van der Waals surface area contributed by atoms with Crippen molar-refractivity contribution in [1.82, 2.24) is 4.57 Å². The second-order valence-corrected chi connectivity index (χ2v) is 13.6. The summed E-state index contributed by atoms with van der Waals surface area (Å²) in [7, 11) is 0. The maximum atomic E-state index is 9.27. The second kappa shape index (κ2) is 12.6. The number of aromatic nitrogens is 1. The molecule has 1 aliphatic heterocycles. The molecular formula is C52H35N3. The van der Waals surface area contributed by atoms with Crippen molar-refractivity contribution in [1.29, 1.82) is 0 Å². The Labute approximate surface area is 332 Å². The van der Waals surface area contributed by atoms with Crippen molar-refractivity contribution in [2.24, 2.45) is 0 Å². The SMILES string of the molecule is [2H]c1c([2H])c([2H])c(N2c3cccc(c3)-c3cccc(c3)N(c3ccc4c(c3)c3c([2H])c([2H])c([2H])c([2H])c3n4-c3cccc4ccccc34)c3cccc(c3)-c3cccc2c3)c([2H])c1[2H]. The number of para-hydroxylation sites is 2. The van der Waals surface area contributed by atoms with E-state index in [0.717, 1.165) is 61.3 Å². The summed E-state index contributed by atoms with van der Waals surface area (Å²) in [5, 5.41) is 3.06. The highest BCUT2D eigenvalue weighted by molar-refractivity contribution is 6.12. The van der Waals surface area contributed by atoms with Crippen molar-refractivity contribution in [2.75, 3.05) is 9.80 Å². The van der Waals surface area contributed by atoms with Crippen LogP contribution in [-0.4, -0.2) is 4.57 Å². The van der Waals surface area contributed by atoms with Crippen molar-refractivity contribution in [3.8, 4) is 27.9 Å². The van der Waals surface area contributed by atoms with Gasteiger partial charge < -0.3 is 14.4 Å². The molecular weight excluding hydrogens is 667 g/mol. The fourth-order valence-electron chi connectivity index (χ4n) is 8.01. The third kappa shape index (κ3) is 5.20. The van der Waals surface area contributed by atoms with Crippen molar-refractivity contribution in [3.63, 3.8) is 0 Å². The molecule has 0 spiro atoms. The molecule has 0 atom stereocenters. The van der Waals surface area contributed by atoms with Gasteiger partial charge in [-0.3, -0.25) is 0 Å². The molecule has 1 aromatic heterocycles. The third-order valence-corrected chi connectivity index (χ3v) is 10.4. The van der Waals surface area contributed by atoms with Crippen LogP contribution in [0.1, 0.15) is 12.3 Å². The molecule has 0 amide bonds. The summed E-state index contributed by atoms with van der Waals surface area (Å²) in [6.45, 7) is 0. The molecule has 0 aliphatic carbocycles. The predicted molar refractivity (Wildman–Crippen MR) is 232 cm³/mol. The number of benzene rings is 9. The van der Waals surface area contributed by atoms with Crippen molar-refractivity contribution >= 4 is 66.7 Å². The van der Waals surface area contributed by atoms with E-state index < -0.39 is 18.1 Å². The highest BCUT2D eigenvalue weighted by Crippen LogP contribution is 2.44. The lowest BCUT2D eigenvalue weighted by atomic mass is 10.00. The average molecular weight is 711 g/mol. The van der Waals surface area contributed by atoms with E-state index in [0.29, 0.717) is 27.7 Å². The molecule has 2 heterocycles. The Morgan fingerprint density at radius 3 is 1.47 bits per heavy atom. The van der Waals surface area contributed by atoms with Gasteiger partial charge in [0.05, 0.1) is 29.1 Å². The number of hydrogen-bond acceptors (Lipinski definition) is 2. The topological polar surface area (TPSA) is 11.4 Å². The molecule has 0 saturated carbocycles. The maximum Gasteiger partial charge on any atom is 0.0645 e. The van der Waals surface area contributed by atoms with Crippen LogP contribution in [0, 0.1) is 0 Å². The monoisotopic (exact) mass is 710 g/mol. The van der Waals surface area contributed by atoms with E-state index >= 15 is 0 Å². The predicted octanol–water partition coefficient (Wildman–Crippen LogP) is 14.5. The molecule has 3 heteroatoms. The van der Waals surface area contributed by atoms with Crippen LogP contribution in [-0.2, 0) is 0 Å². The van der Waals surface area contributed by atoms with Crippen LogP contribution in [0.4, 0.5) is 34.1 Å². The third-order valence-electron chi connectivity index (χ3n) is 10.4. The van der Waals surface area contributed by atoms with Gasteiger partial charge in [-0.05, 0) is 119 Å². The van der Waals surface area contributed by atoms with Crippen LogP contribution in [0.25, 0.3) is 60.5 Å². The molecule has 1 aliphatic rings. The molecule has 0 radical (unpaired) electrons. The fraction of sp³-hybridized carbons (Fsp3) is 0. The van der Waals surface area contributed by atoms with Crippen molar-refractivity contribution in [2.45, 2.75) is 0 Å². The van der Waals surface area contributed by atoms with E-state index in [2.05, 4.69) is 17.0 Å². The summed E-state index contributed by atoms with van der Waals surface area (Å²) in [4.78, 5) is 3.88. The largest absolute Gasteiger partial charge is 0.310 e. The lowest BCUT2D eigenvalue weighted by Crippen LogP contribution is -2.11. The first-order chi connectivity index (χ1) is 31.0. The van der Waals surface area contributed by atoms with Gasteiger partial charge in [-0.1, -0.05) is 121 Å². The Kier molecular flexibility index (Phi) is 5.37. The highest BCUT2D eigenvalue weighted by Gasteiger charge is 2.21. The van der Waals surface area contributed by atoms with Gasteiger partial charge in [-0.15, -0.1) is 0 Å². The minimum Gasteiger partial charge on any atom is -0.310 e. The molecule has 258 valence electrons. The number of hydrogen-bond donors (Lipinski definition) is 0. The maximum absolute atomic E-state index is 9.27. The van der Waals surface area contributed by atoms with Crippen LogP contribution in [0.5, 0.6) is 0 Å².